The molecule has 5 nitrogen and oxygen atoms in total. The van der Waals surface area contributed by atoms with Gasteiger partial charge in [-0.2, -0.15) is 0 Å². The van der Waals surface area contributed by atoms with E-state index in [1.807, 2.05) is 6.92 Å². The number of non-ortho nitro benzene ring substituents is 1. The Kier molecular flexibility index (Phi) is 5.86. The van der Waals surface area contributed by atoms with E-state index in [-0.39, 0.29) is 17.5 Å². The number of nitro benzene ring substituents is 1. The highest BCUT2D eigenvalue weighted by Crippen LogP contribution is 2.52. The molecule has 2 aliphatic carbocycles. The van der Waals surface area contributed by atoms with Crippen LogP contribution in [0.25, 0.3) is 0 Å². The number of nitro groups is 1. The molecule has 2 aliphatic rings. The second-order valence-corrected chi connectivity index (χ2v) is 7.27. The minimum absolute atomic E-state index is 0.00321. The zero-order valence-corrected chi connectivity index (χ0v) is 15.2. The fraction of sp³-hybridized carbons (Fsp3) is 0.476. The number of hydrogen-bond donors (Lipinski definition) is 1. The van der Waals surface area contributed by atoms with Gasteiger partial charge in [0.15, 0.2) is 0 Å². The molecule has 138 valence electrons. The summed E-state index contributed by atoms with van der Waals surface area (Å²) < 4.78 is 0. The number of fused-ring (bicyclic) bond motifs is 1. The smallest absolute Gasteiger partial charge is 0.271 e. The lowest BCUT2D eigenvalue weighted by atomic mass is 10.1. The topological polar surface area (TPSA) is 72.2 Å². The van der Waals surface area contributed by atoms with Gasteiger partial charge in [-0.15, -0.1) is 0 Å². The van der Waals surface area contributed by atoms with E-state index in [0.29, 0.717) is 17.5 Å². The molecule has 0 spiro atoms. The molecule has 1 aromatic carbocycles. The first-order valence-electron chi connectivity index (χ1n) is 9.44. The normalized spacial score (nSPS) is 28.0. The van der Waals surface area contributed by atoms with Gasteiger partial charge in [0.05, 0.1) is 10.6 Å². The molecule has 0 saturated heterocycles. The number of anilines is 1. The molecule has 0 bridgehead atoms. The van der Waals surface area contributed by atoms with Crippen LogP contribution in [-0.2, 0) is 4.79 Å². The van der Waals surface area contributed by atoms with Crippen LogP contribution in [0.15, 0.2) is 42.5 Å². The lowest BCUT2D eigenvalue weighted by molar-refractivity contribution is -0.384. The summed E-state index contributed by atoms with van der Waals surface area (Å²) in [4.78, 5) is 23.3. The summed E-state index contributed by atoms with van der Waals surface area (Å²) in [7, 11) is 0. The monoisotopic (exact) mass is 354 g/mol. The van der Waals surface area contributed by atoms with Crippen molar-refractivity contribution in [2.45, 2.75) is 45.4 Å². The number of hydrogen-bond acceptors (Lipinski definition) is 3. The Morgan fingerprint density at radius 1 is 1.04 bits per heavy atom. The van der Waals surface area contributed by atoms with Crippen LogP contribution in [-0.4, -0.2) is 10.8 Å². The number of carbonyl (C=O) groups is 1. The molecule has 0 aliphatic heterocycles. The number of benzene rings is 1. The zero-order chi connectivity index (χ0) is 18.5. The second-order valence-electron chi connectivity index (χ2n) is 7.27. The van der Waals surface area contributed by atoms with Crippen LogP contribution in [0.5, 0.6) is 0 Å². The van der Waals surface area contributed by atoms with Crippen LogP contribution in [0, 0.1) is 34.8 Å². The van der Waals surface area contributed by atoms with Crippen LogP contribution in [0.4, 0.5) is 11.4 Å². The van der Waals surface area contributed by atoms with Gasteiger partial charge in [0.2, 0.25) is 5.91 Å². The summed E-state index contributed by atoms with van der Waals surface area (Å²) in [5.41, 5.74) is 1.39. The van der Waals surface area contributed by atoms with Crippen molar-refractivity contribution in [2.24, 2.45) is 17.8 Å². The lowest BCUT2D eigenvalue weighted by Crippen LogP contribution is -2.16. The summed E-state index contributed by atoms with van der Waals surface area (Å²) in [6.45, 7) is 1.85. The molecule has 5 heteroatoms. The molecule has 1 aromatic rings. The molecule has 0 aromatic heterocycles. The van der Waals surface area contributed by atoms with Crippen LogP contribution in [0.1, 0.15) is 44.1 Å². The van der Waals surface area contributed by atoms with Gasteiger partial charge in [-0.25, -0.2) is 0 Å². The van der Waals surface area contributed by atoms with E-state index in [9.17, 15) is 14.9 Å². The van der Waals surface area contributed by atoms with E-state index in [4.69, 9.17) is 0 Å². The summed E-state index contributed by atoms with van der Waals surface area (Å²) in [5.74, 6) is 0.876. The number of allylic oxidation sites excluding steroid dienone is 4. The number of nitrogens with zero attached hydrogens (tertiary/aromatic N) is 1. The average Bonchev–Trinajstić information content (AvgIpc) is 3.29. The fourth-order valence-corrected chi connectivity index (χ4v) is 3.94. The molecule has 1 unspecified atom stereocenters. The molecule has 3 atom stereocenters. The van der Waals surface area contributed by atoms with Gasteiger partial charge in [0, 0.05) is 18.1 Å². The van der Waals surface area contributed by atoms with Crippen molar-refractivity contribution in [3.63, 3.8) is 0 Å². The molecule has 0 heterocycles. The zero-order valence-electron chi connectivity index (χ0n) is 15.2. The Hall–Kier alpha value is -2.43. The van der Waals surface area contributed by atoms with Gasteiger partial charge in [-0.1, -0.05) is 30.4 Å². The summed E-state index contributed by atoms with van der Waals surface area (Å²) in [5, 5.41) is 13.9. The van der Waals surface area contributed by atoms with E-state index in [2.05, 4.69) is 29.6 Å². The summed E-state index contributed by atoms with van der Waals surface area (Å²) in [6, 6.07) is 4.60. The Bertz CT molecular complexity index is 715. The van der Waals surface area contributed by atoms with Gasteiger partial charge in [-0.05, 0) is 62.8 Å². The third-order valence-corrected chi connectivity index (χ3v) is 5.49. The van der Waals surface area contributed by atoms with Crippen molar-refractivity contribution in [3.05, 3.63) is 58.2 Å². The SMILES string of the molecule is Cc1ccc([N+](=O)[O-])cc1NC(=O)C1[C@H]2CC/C=C/CC/C=C\CC[C@@H]12. The van der Waals surface area contributed by atoms with Crippen molar-refractivity contribution < 1.29 is 9.72 Å². The van der Waals surface area contributed by atoms with Crippen molar-refractivity contribution in [3.8, 4) is 0 Å². The van der Waals surface area contributed by atoms with Crippen LogP contribution in [0.2, 0.25) is 0 Å². The van der Waals surface area contributed by atoms with Crippen molar-refractivity contribution in [1.82, 2.24) is 0 Å². The molecule has 3 rings (SSSR count). The van der Waals surface area contributed by atoms with Crippen LogP contribution < -0.4 is 5.32 Å². The summed E-state index contributed by atoms with van der Waals surface area (Å²) >= 11 is 0. The minimum Gasteiger partial charge on any atom is -0.325 e. The predicted molar refractivity (Wildman–Crippen MR) is 103 cm³/mol. The number of carbonyl (C=O) groups excluding carboxylic acids is 1. The highest BCUT2D eigenvalue weighted by molar-refractivity contribution is 5.95. The van der Waals surface area contributed by atoms with E-state index in [0.717, 1.165) is 44.1 Å². The van der Waals surface area contributed by atoms with Crippen molar-refractivity contribution in [2.75, 3.05) is 5.32 Å². The molecule has 0 radical (unpaired) electrons. The van der Waals surface area contributed by atoms with E-state index < -0.39 is 4.92 Å². The first-order chi connectivity index (χ1) is 12.6. The molecule has 1 amide bonds. The number of rotatable bonds is 3. The van der Waals surface area contributed by atoms with Crippen LogP contribution in [0.3, 0.4) is 0 Å². The molecular weight excluding hydrogens is 328 g/mol. The van der Waals surface area contributed by atoms with E-state index >= 15 is 0 Å². The Morgan fingerprint density at radius 3 is 2.19 bits per heavy atom. The van der Waals surface area contributed by atoms with Gasteiger partial charge in [0.1, 0.15) is 0 Å². The van der Waals surface area contributed by atoms with Crippen molar-refractivity contribution >= 4 is 17.3 Å². The van der Waals surface area contributed by atoms with Gasteiger partial charge in [-0.3, -0.25) is 14.9 Å². The van der Waals surface area contributed by atoms with Gasteiger partial charge < -0.3 is 5.32 Å². The first kappa shape index (κ1) is 18.4. The molecular formula is C21H26N2O3. The molecule has 1 fully saturated rings. The van der Waals surface area contributed by atoms with Gasteiger partial charge >= 0.3 is 0 Å². The number of amides is 1. The average molecular weight is 354 g/mol. The minimum atomic E-state index is -0.433. The highest BCUT2D eigenvalue weighted by Gasteiger charge is 2.52. The molecule has 26 heavy (non-hydrogen) atoms. The Balaban J connectivity index is 1.68. The maximum absolute atomic E-state index is 12.8. The Morgan fingerprint density at radius 2 is 1.62 bits per heavy atom. The molecule has 1 N–H and O–H groups in total. The molecule has 1 saturated carbocycles. The van der Waals surface area contributed by atoms with Crippen LogP contribution >= 0.6 is 0 Å². The fourth-order valence-electron chi connectivity index (χ4n) is 3.94. The Labute approximate surface area is 154 Å². The predicted octanol–water partition coefficient (Wildman–Crippen LogP) is 5.17. The first-order valence-corrected chi connectivity index (χ1v) is 9.44. The largest absolute Gasteiger partial charge is 0.325 e. The van der Waals surface area contributed by atoms with E-state index in [1.165, 1.54) is 12.1 Å². The highest BCUT2D eigenvalue weighted by atomic mass is 16.6. The number of aryl methyl sites for hydroxylation is 1. The van der Waals surface area contributed by atoms with Gasteiger partial charge in [0.25, 0.3) is 5.69 Å². The number of nitrogens with one attached hydrogen (secondary N) is 1. The quantitative estimate of drug-likeness (QED) is 0.462. The van der Waals surface area contributed by atoms with E-state index in [1.54, 1.807) is 6.07 Å². The third kappa shape index (κ3) is 4.40. The lowest BCUT2D eigenvalue weighted by Gasteiger charge is -2.08. The third-order valence-electron chi connectivity index (χ3n) is 5.49. The maximum atomic E-state index is 12.8. The summed E-state index contributed by atoms with van der Waals surface area (Å²) in [6.07, 6.45) is 15.2. The van der Waals surface area contributed by atoms with Crippen molar-refractivity contribution in [1.29, 1.82) is 0 Å². The second kappa shape index (κ2) is 8.30. The standard InChI is InChI=1S/C21H26N2O3/c1-15-12-13-16(23(25)26)14-19(15)22-21(24)20-17-10-8-6-4-2-3-5-7-9-11-18(17)20/h4-7,12-14,17-18,20H,2-3,8-11H2,1H3,(H,22,24)/b6-4-,7-5+/t17-,18+,20?/m1/s1. The maximum Gasteiger partial charge on any atom is 0.271 e.